The first-order chi connectivity index (χ1) is 13.7. The minimum Gasteiger partial charge on any atom is -0.352 e. The third kappa shape index (κ3) is 6.63. The summed E-state index contributed by atoms with van der Waals surface area (Å²) in [5.41, 5.74) is 1.44. The lowest BCUT2D eigenvalue weighted by Crippen LogP contribution is -2.50. The summed E-state index contributed by atoms with van der Waals surface area (Å²) in [6.07, 6.45) is 0.564. The molecule has 156 valence electrons. The molecule has 0 heterocycles. The normalized spacial score (nSPS) is 12.0. The molecule has 7 heteroatoms. The molecule has 0 spiro atoms. The van der Waals surface area contributed by atoms with Crippen molar-refractivity contribution in [2.24, 2.45) is 0 Å². The molecule has 29 heavy (non-hydrogen) atoms. The van der Waals surface area contributed by atoms with Gasteiger partial charge in [0.25, 0.3) is 0 Å². The van der Waals surface area contributed by atoms with Gasteiger partial charge in [-0.1, -0.05) is 66.0 Å². The van der Waals surface area contributed by atoms with Crippen molar-refractivity contribution >= 4 is 46.6 Å². The van der Waals surface area contributed by atoms with E-state index in [1.807, 2.05) is 39.0 Å². The summed E-state index contributed by atoms with van der Waals surface area (Å²) in [4.78, 5) is 27.6. The number of nitrogens with one attached hydrogen (secondary N) is 1. The first-order valence-electron chi connectivity index (χ1n) is 9.50. The van der Waals surface area contributed by atoms with Crippen molar-refractivity contribution in [2.75, 3.05) is 0 Å². The Morgan fingerprint density at radius 3 is 2.28 bits per heavy atom. The van der Waals surface area contributed by atoms with E-state index in [2.05, 4.69) is 5.32 Å². The Hall–Kier alpha value is -1.75. The van der Waals surface area contributed by atoms with Crippen molar-refractivity contribution in [1.29, 1.82) is 0 Å². The van der Waals surface area contributed by atoms with Crippen LogP contribution in [-0.4, -0.2) is 28.8 Å². The standard InChI is InChI=1S/C22H25Cl3N2O2/c1-4-20(22(29)26-14(2)3)27(13-16-9-10-17(23)12-19(16)25)21(28)11-15-7-5-6-8-18(15)24/h5-10,12,14,20H,4,11,13H2,1-3H3,(H,26,29)/t20-/m1/s1. The van der Waals surface area contributed by atoms with E-state index >= 15 is 0 Å². The van der Waals surface area contributed by atoms with E-state index in [1.165, 1.54) is 0 Å². The zero-order valence-electron chi connectivity index (χ0n) is 16.7. The first-order valence-corrected chi connectivity index (χ1v) is 10.6. The highest BCUT2D eigenvalue weighted by Crippen LogP contribution is 2.25. The van der Waals surface area contributed by atoms with Crippen LogP contribution in [0.5, 0.6) is 0 Å². The van der Waals surface area contributed by atoms with Gasteiger partial charge in [0.05, 0.1) is 6.42 Å². The van der Waals surface area contributed by atoms with Crippen molar-refractivity contribution in [3.63, 3.8) is 0 Å². The highest BCUT2D eigenvalue weighted by Gasteiger charge is 2.29. The molecule has 2 amide bonds. The maximum Gasteiger partial charge on any atom is 0.243 e. The number of halogens is 3. The van der Waals surface area contributed by atoms with Crippen molar-refractivity contribution in [2.45, 2.75) is 52.2 Å². The third-order valence-electron chi connectivity index (χ3n) is 4.47. The van der Waals surface area contributed by atoms with Gasteiger partial charge in [-0.05, 0) is 49.6 Å². The van der Waals surface area contributed by atoms with Gasteiger partial charge >= 0.3 is 0 Å². The molecule has 0 saturated carbocycles. The summed E-state index contributed by atoms with van der Waals surface area (Å²) in [7, 11) is 0. The lowest BCUT2D eigenvalue weighted by molar-refractivity contribution is -0.141. The molecule has 0 aromatic heterocycles. The van der Waals surface area contributed by atoms with Crippen LogP contribution < -0.4 is 5.32 Å². The van der Waals surface area contributed by atoms with E-state index in [0.29, 0.717) is 27.1 Å². The summed E-state index contributed by atoms with van der Waals surface area (Å²) in [6.45, 7) is 5.85. The highest BCUT2D eigenvalue weighted by molar-refractivity contribution is 6.35. The molecule has 0 unspecified atom stereocenters. The van der Waals surface area contributed by atoms with Gasteiger partial charge in [-0.25, -0.2) is 0 Å². The second-order valence-corrected chi connectivity index (χ2v) is 8.36. The van der Waals surface area contributed by atoms with Gasteiger partial charge in [0, 0.05) is 27.7 Å². The number of hydrogen-bond acceptors (Lipinski definition) is 2. The second-order valence-electron chi connectivity index (χ2n) is 7.11. The number of benzene rings is 2. The maximum atomic E-state index is 13.3. The molecule has 4 nitrogen and oxygen atoms in total. The van der Waals surface area contributed by atoms with Crippen molar-refractivity contribution < 1.29 is 9.59 Å². The van der Waals surface area contributed by atoms with Gasteiger partial charge in [0.2, 0.25) is 11.8 Å². The van der Waals surface area contributed by atoms with E-state index in [4.69, 9.17) is 34.8 Å². The van der Waals surface area contributed by atoms with Gasteiger partial charge in [-0.3, -0.25) is 9.59 Å². The van der Waals surface area contributed by atoms with E-state index in [-0.39, 0.29) is 30.8 Å². The Balaban J connectivity index is 2.36. The highest BCUT2D eigenvalue weighted by atomic mass is 35.5. The molecule has 1 atom stereocenters. The number of carbonyl (C=O) groups is 2. The zero-order valence-corrected chi connectivity index (χ0v) is 19.0. The lowest BCUT2D eigenvalue weighted by atomic mass is 10.1. The largest absolute Gasteiger partial charge is 0.352 e. The Bertz CT molecular complexity index is 871. The van der Waals surface area contributed by atoms with Gasteiger partial charge in [0.15, 0.2) is 0 Å². The van der Waals surface area contributed by atoms with Gasteiger partial charge < -0.3 is 10.2 Å². The maximum absolute atomic E-state index is 13.3. The predicted octanol–water partition coefficient (Wildman–Crippen LogP) is 5.52. The Morgan fingerprint density at radius 1 is 1.00 bits per heavy atom. The fourth-order valence-electron chi connectivity index (χ4n) is 3.04. The molecule has 0 aliphatic heterocycles. The van der Waals surface area contributed by atoms with E-state index in [0.717, 1.165) is 5.56 Å². The van der Waals surface area contributed by atoms with Crippen molar-refractivity contribution in [3.05, 3.63) is 68.7 Å². The molecule has 0 bridgehead atoms. The van der Waals surface area contributed by atoms with Gasteiger partial charge in [-0.2, -0.15) is 0 Å². The molecule has 0 fully saturated rings. The summed E-state index contributed by atoms with van der Waals surface area (Å²) in [6, 6.07) is 11.7. The van der Waals surface area contributed by atoms with Crippen LogP contribution in [0, 0.1) is 0 Å². The fraction of sp³-hybridized carbons (Fsp3) is 0.364. The monoisotopic (exact) mass is 454 g/mol. The molecule has 2 aromatic carbocycles. The number of hydrogen-bond donors (Lipinski definition) is 1. The summed E-state index contributed by atoms with van der Waals surface area (Å²) >= 11 is 18.6. The van der Waals surface area contributed by atoms with Crippen molar-refractivity contribution in [1.82, 2.24) is 10.2 Å². The van der Waals surface area contributed by atoms with Crippen LogP contribution in [0.2, 0.25) is 15.1 Å². The minimum absolute atomic E-state index is 0.0313. The zero-order chi connectivity index (χ0) is 21.6. The molecule has 0 radical (unpaired) electrons. The molecular weight excluding hydrogens is 431 g/mol. The molecule has 2 rings (SSSR count). The summed E-state index contributed by atoms with van der Waals surface area (Å²) in [5, 5.41) is 4.38. The quantitative estimate of drug-likeness (QED) is 0.569. The van der Waals surface area contributed by atoms with Crippen LogP contribution in [-0.2, 0) is 22.6 Å². The number of amides is 2. The van der Waals surface area contributed by atoms with E-state index in [9.17, 15) is 9.59 Å². The molecule has 0 saturated heterocycles. The average molecular weight is 456 g/mol. The number of carbonyl (C=O) groups excluding carboxylic acids is 2. The predicted molar refractivity (Wildman–Crippen MR) is 120 cm³/mol. The smallest absolute Gasteiger partial charge is 0.243 e. The van der Waals surface area contributed by atoms with E-state index in [1.54, 1.807) is 29.2 Å². The Kier molecular flexibility index (Phi) is 8.81. The van der Waals surface area contributed by atoms with E-state index < -0.39 is 6.04 Å². The Labute approximate surface area is 187 Å². The topological polar surface area (TPSA) is 49.4 Å². The van der Waals surface area contributed by atoms with Crippen LogP contribution in [0.15, 0.2) is 42.5 Å². The minimum atomic E-state index is -0.626. The molecule has 0 aliphatic rings. The third-order valence-corrected chi connectivity index (χ3v) is 5.43. The van der Waals surface area contributed by atoms with Crippen LogP contribution >= 0.6 is 34.8 Å². The molecule has 0 aliphatic carbocycles. The van der Waals surface area contributed by atoms with Crippen molar-refractivity contribution in [3.8, 4) is 0 Å². The first kappa shape index (κ1) is 23.5. The molecular formula is C22H25Cl3N2O2. The fourth-order valence-corrected chi connectivity index (χ4v) is 3.71. The lowest BCUT2D eigenvalue weighted by Gasteiger charge is -2.31. The average Bonchev–Trinajstić information content (AvgIpc) is 2.64. The summed E-state index contributed by atoms with van der Waals surface area (Å²) < 4.78 is 0. The van der Waals surface area contributed by atoms with Gasteiger partial charge in [-0.15, -0.1) is 0 Å². The van der Waals surface area contributed by atoms with Crippen LogP contribution in [0.3, 0.4) is 0 Å². The Morgan fingerprint density at radius 2 is 1.69 bits per heavy atom. The summed E-state index contributed by atoms with van der Waals surface area (Å²) in [5.74, 6) is -0.394. The van der Waals surface area contributed by atoms with Gasteiger partial charge in [0.1, 0.15) is 6.04 Å². The second kappa shape index (κ2) is 10.9. The van der Waals surface area contributed by atoms with Crippen LogP contribution in [0.1, 0.15) is 38.3 Å². The SMILES string of the molecule is CC[C@H](C(=O)NC(C)C)N(Cc1ccc(Cl)cc1Cl)C(=O)Cc1ccccc1Cl. The molecule has 2 aromatic rings. The number of rotatable bonds is 8. The molecule has 1 N–H and O–H groups in total. The number of nitrogens with zero attached hydrogens (tertiary/aromatic N) is 1. The van der Waals surface area contributed by atoms with Crippen LogP contribution in [0.25, 0.3) is 0 Å². The van der Waals surface area contributed by atoms with Crippen LogP contribution in [0.4, 0.5) is 0 Å².